The van der Waals surface area contributed by atoms with Gasteiger partial charge in [0.25, 0.3) is 0 Å². The summed E-state index contributed by atoms with van der Waals surface area (Å²) in [5, 5.41) is 0. The SMILES string of the molecule is C[C@@H]1COC=N[C@@H]1C. The minimum atomic E-state index is 0.448. The van der Waals surface area contributed by atoms with Crippen molar-refractivity contribution in [2.45, 2.75) is 19.9 Å². The quantitative estimate of drug-likeness (QED) is 0.460. The Morgan fingerprint density at radius 3 is 2.75 bits per heavy atom. The number of aliphatic imine (C=N–C) groups is 1. The molecule has 0 unspecified atom stereocenters. The van der Waals surface area contributed by atoms with Crippen LogP contribution in [0.3, 0.4) is 0 Å². The number of nitrogens with zero attached hydrogens (tertiary/aromatic N) is 1. The molecule has 2 nitrogen and oxygen atoms in total. The highest BCUT2D eigenvalue weighted by atomic mass is 16.5. The van der Waals surface area contributed by atoms with Gasteiger partial charge in [0.2, 0.25) is 0 Å². The number of rotatable bonds is 0. The van der Waals surface area contributed by atoms with Gasteiger partial charge in [-0.2, -0.15) is 0 Å². The zero-order chi connectivity index (χ0) is 5.98. The molecule has 2 atom stereocenters. The maximum Gasteiger partial charge on any atom is 0.169 e. The lowest BCUT2D eigenvalue weighted by atomic mass is 10.1. The number of ether oxygens (including phenoxy) is 1. The predicted octanol–water partition coefficient (Wildman–Crippen LogP) is 1.07. The Balaban J connectivity index is 2.47. The molecule has 1 aliphatic rings. The van der Waals surface area contributed by atoms with Gasteiger partial charge in [0.05, 0.1) is 12.6 Å². The Morgan fingerprint density at radius 1 is 1.62 bits per heavy atom. The standard InChI is InChI=1S/C6H11NO/c1-5-3-8-4-7-6(5)2/h4-6H,3H2,1-2H3/t5-,6-/m1/s1. The normalized spacial score (nSPS) is 36.8. The molecule has 0 amide bonds. The molecule has 0 bridgehead atoms. The minimum Gasteiger partial charge on any atom is -0.483 e. The molecule has 0 aromatic rings. The van der Waals surface area contributed by atoms with Gasteiger partial charge in [0.15, 0.2) is 6.40 Å². The van der Waals surface area contributed by atoms with Crippen molar-refractivity contribution in [3.8, 4) is 0 Å². The largest absolute Gasteiger partial charge is 0.483 e. The van der Waals surface area contributed by atoms with Crippen LogP contribution in [-0.4, -0.2) is 19.0 Å². The van der Waals surface area contributed by atoms with Crippen molar-refractivity contribution in [1.29, 1.82) is 0 Å². The van der Waals surface area contributed by atoms with E-state index in [1.54, 1.807) is 6.40 Å². The van der Waals surface area contributed by atoms with Gasteiger partial charge in [-0.25, -0.2) is 0 Å². The Labute approximate surface area is 49.6 Å². The Hall–Kier alpha value is -0.530. The molecule has 0 spiro atoms. The average molecular weight is 113 g/mol. The maximum absolute atomic E-state index is 4.96. The van der Waals surface area contributed by atoms with Crippen LogP contribution in [0.2, 0.25) is 0 Å². The smallest absolute Gasteiger partial charge is 0.169 e. The highest BCUT2D eigenvalue weighted by Gasteiger charge is 2.13. The van der Waals surface area contributed by atoms with E-state index in [2.05, 4.69) is 18.8 Å². The summed E-state index contributed by atoms with van der Waals surface area (Å²) in [4.78, 5) is 4.06. The molecule has 0 N–H and O–H groups in total. The zero-order valence-corrected chi connectivity index (χ0v) is 5.29. The van der Waals surface area contributed by atoms with E-state index in [0.29, 0.717) is 12.0 Å². The lowest BCUT2D eigenvalue weighted by Crippen LogP contribution is -2.21. The maximum atomic E-state index is 4.96. The Morgan fingerprint density at radius 2 is 2.38 bits per heavy atom. The van der Waals surface area contributed by atoms with Gasteiger partial charge in [-0.15, -0.1) is 0 Å². The molecular formula is C6H11NO. The van der Waals surface area contributed by atoms with Crippen molar-refractivity contribution in [3.05, 3.63) is 0 Å². The summed E-state index contributed by atoms with van der Waals surface area (Å²) in [6.45, 7) is 5.06. The summed E-state index contributed by atoms with van der Waals surface area (Å²) in [6.07, 6.45) is 1.55. The average Bonchev–Trinajstić information content (AvgIpc) is 1.77. The molecule has 0 aromatic heterocycles. The van der Waals surface area contributed by atoms with Crippen molar-refractivity contribution < 1.29 is 4.74 Å². The summed E-state index contributed by atoms with van der Waals surface area (Å²) in [7, 11) is 0. The summed E-state index contributed by atoms with van der Waals surface area (Å²) in [5.41, 5.74) is 0. The lowest BCUT2D eigenvalue weighted by molar-refractivity contribution is 0.217. The van der Waals surface area contributed by atoms with E-state index in [-0.39, 0.29) is 0 Å². The highest BCUT2D eigenvalue weighted by Crippen LogP contribution is 2.09. The second-order valence-corrected chi connectivity index (χ2v) is 2.31. The molecule has 1 aliphatic heterocycles. The first kappa shape index (κ1) is 5.60. The van der Waals surface area contributed by atoms with Gasteiger partial charge < -0.3 is 4.74 Å². The van der Waals surface area contributed by atoms with Gasteiger partial charge in [-0.1, -0.05) is 6.92 Å². The van der Waals surface area contributed by atoms with E-state index < -0.39 is 0 Å². The molecule has 0 radical (unpaired) electrons. The monoisotopic (exact) mass is 113 g/mol. The molecule has 46 valence electrons. The summed E-state index contributed by atoms with van der Waals surface area (Å²) in [6, 6.07) is 0.448. The van der Waals surface area contributed by atoms with Gasteiger partial charge in [0, 0.05) is 5.92 Å². The summed E-state index contributed by atoms with van der Waals surface area (Å²) in [5.74, 6) is 0.583. The first-order valence-corrected chi connectivity index (χ1v) is 2.94. The Bertz CT molecular complexity index is 101. The molecule has 1 rings (SSSR count). The second-order valence-electron chi connectivity index (χ2n) is 2.31. The molecule has 0 aliphatic carbocycles. The summed E-state index contributed by atoms with van der Waals surface area (Å²) >= 11 is 0. The molecule has 8 heavy (non-hydrogen) atoms. The van der Waals surface area contributed by atoms with Gasteiger partial charge in [-0.3, -0.25) is 4.99 Å². The fourth-order valence-corrected chi connectivity index (χ4v) is 0.620. The van der Waals surface area contributed by atoms with Crippen molar-refractivity contribution in [3.63, 3.8) is 0 Å². The van der Waals surface area contributed by atoms with Crippen LogP contribution in [0.15, 0.2) is 4.99 Å². The highest BCUT2D eigenvalue weighted by molar-refractivity contribution is 5.47. The van der Waals surface area contributed by atoms with Crippen LogP contribution in [0.25, 0.3) is 0 Å². The Kier molecular flexibility index (Phi) is 1.51. The van der Waals surface area contributed by atoms with Crippen molar-refractivity contribution in [2.75, 3.05) is 6.61 Å². The zero-order valence-electron chi connectivity index (χ0n) is 5.29. The topological polar surface area (TPSA) is 21.6 Å². The van der Waals surface area contributed by atoms with Crippen LogP contribution in [0, 0.1) is 5.92 Å². The summed E-state index contributed by atoms with van der Waals surface area (Å²) < 4.78 is 4.96. The van der Waals surface area contributed by atoms with Crippen LogP contribution in [-0.2, 0) is 4.74 Å². The first-order valence-electron chi connectivity index (χ1n) is 2.94. The minimum absolute atomic E-state index is 0.448. The van der Waals surface area contributed by atoms with Crippen LogP contribution >= 0.6 is 0 Å². The first-order chi connectivity index (χ1) is 3.80. The van der Waals surface area contributed by atoms with E-state index in [0.717, 1.165) is 6.61 Å². The molecule has 0 aromatic carbocycles. The van der Waals surface area contributed by atoms with Crippen molar-refractivity contribution >= 4 is 6.40 Å². The number of hydrogen-bond donors (Lipinski definition) is 0. The van der Waals surface area contributed by atoms with E-state index in [9.17, 15) is 0 Å². The third-order valence-electron chi connectivity index (χ3n) is 1.55. The fourth-order valence-electron chi connectivity index (χ4n) is 0.620. The van der Waals surface area contributed by atoms with Crippen LogP contribution in [0.1, 0.15) is 13.8 Å². The van der Waals surface area contributed by atoms with Crippen molar-refractivity contribution in [1.82, 2.24) is 0 Å². The van der Waals surface area contributed by atoms with Gasteiger partial charge >= 0.3 is 0 Å². The molecule has 0 saturated heterocycles. The van der Waals surface area contributed by atoms with Crippen LogP contribution in [0.4, 0.5) is 0 Å². The third-order valence-corrected chi connectivity index (χ3v) is 1.55. The molecule has 1 heterocycles. The predicted molar refractivity (Wildman–Crippen MR) is 33.1 cm³/mol. The molecule has 0 fully saturated rings. The van der Waals surface area contributed by atoms with Crippen LogP contribution < -0.4 is 0 Å². The molecular weight excluding hydrogens is 102 g/mol. The molecule has 2 heteroatoms. The molecule has 0 saturated carbocycles. The lowest BCUT2D eigenvalue weighted by Gasteiger charge is -2.18. The van der Waals surface area contributed by atoms with E-state index in [1.807, 2.05) is 0 Å². The second kappa shape index (κ2) is 2.16. The number of hydrogen-bond acceptors (Lipinski definition) is 2. The van der Waals surface area contributed by atoms with E-state index >= 15 is 0 Å². The van der Waals surface area contributed by atoms with E-state index in [4.69, 9.17) is 4.74 Å². The van der Waals surface area contributed by atoms with Gasteiger partial charge in [-0.05, 0) is 6.92 Å². The van der Waals surface area contributed by atoms with Crippen molar-refractivity contribution in [2.24, 2.45) is 10.9 Å². The van der Waals surface area contributed by atoms with E-state index in [1.165, 1.54) is 0 Å². The third kappa shape index (κ3) is 0.997. The van der Waals surface area contributed by atoms with Crippen LogP contribution in [0.5, 0.6) is 0 Å². The van der Waals surface area contributed by atoms with Gasteiger partial charge in [0.1, 0.15) is 0 Å². The fraction of sp³-hybridized carbons (Fsp3) is 0.833.